The van der Waals surface area contributed by atoms with Crippen LogP contribution >= 0.6 is 12.4 Å². The Morgan fingerprint density at radius 3 is 3.00 bits per heavy atom. The molecule has 2 rings (SSSR count). The van der Waals surface area contributed by atoms with Gasteiger partial charge in [-0.2, -0.15) is 0 Å². The van der Waals surface area contributed by atoms with E-state index in [0.717, 1.165) is 39.3 Å². The van der Waals surface area contributed by atoms with Crippen LogP contribution in [0, 0.1) is 5.92 Å². The zero-order chi connectivity index (χ0) is 10.7. The predicted molar refractivity (Wildman–Crippen MR) is 64.8 cm³/mol. The minimum absolute atomic E-state index is 0. The number of hydrogen-bond donors (Lipinski definition) is 1. The Hall–Kier alpha value is -0.320. The predicted octanol–water partition coefficient (Wildman–Crippen LogP) is 0.655. The summed E-state index contributed by atoms with van der Waals surface area (Å²) >= 11 is 0. The van der Waals surface area contributed by atoms with E-state index in [0.29, 0.717) is 24.3 Å². The highest BCUT2D eigenvalue weighted by atomic mass is 35.5. The summed E-state index contributed by atoms with van der Waals surface area (Å²) in [6.45, 7) is 6.36. The van der Waals surface area contributed by atoms with E-state index in [2.05, 4.69) is 12.2 Å². The lowest BCUT2D eigenvalue weighted by Crippen LogP contribution is -2.51. The van der Waals surface area contributed by atoms with Gasteiger partial charge in [0.05, 0.1) is 0 Å². The largest absolute Gasteiger partial charge is 0.381 e. The van der Waals surface area contributed by atoms with Crippen molar-refractivity contribution in [3.8, 4) is 0 Å². The molecule has 0 aromatic rings. The van der Waals surface area contributed by atoms with Gasteiger partial charge in [0, 0.05) is 45.3 Å². The average molecular weight is 249 g/mol. The monoisotopic (exact) mass is 248 g/mol. The molecule has 2 heterocycles. The standard InChI is InChI=1S/C11H20N2O2.ClH/c1-9-7-13(4-3-12-9)11(14)6-10-2-5-15-8-10;/h9-10,12H,2-8H2,1H3;1H/t9-,10?;/m1./s1. The first-order valence-electron chi connectivity index (χ1n) is 5.84. The van der Waals surface area contributed by atoms with Crippen LogP contribution < -0.4 is 5.32 Å². The molecule has 1 unspecified atom stereocenters. The molecule has 2 aliphatic rings. The normalized spacial score (nSPS) is 29.9. The van der Waals surface area contributed by atoms with Gasteiger partial charge in [0.25, 0.3) is 0 Å². The van der Waals surface area contributed by atoms with Crippen LogP contribution in [-0.4, -0.2) is 49.7 Å². The van der Waals surface area contributed by atoms with Crippen LogP contribution in [0.2, 0.25) is 0 Å². The van der Waals surface area contributed by atoms with Crippen molar-refractivity contribution < 1.29 is 9.53 Å². The molecule has 5 heteroatoms. The third kappa shape index (κ3) is 3.61. The van der Waals surface area contributed by atoms with Crippen molar-refractivity contribution in [3.63, 3.8) is 0 Å². The zero-order valence-electron chi connectivity index (χ0n) is 9.78. The van der Waals surface area contributed by atoms with E-state index in [1.807, 2.05) is 4.90 Å². The second kappa shape index (κ2) is 6.42. The highest BCUT2D eigenvalue weighted by Gasteiger charge is 2.25. The average Bonchev–Trinajstić information content (AvgIpc) is 2.70. The fourth-order valence-electron chi connectivity index (χ4n) is 2.28. The van der Waals surface area contributed by atoms with Crippen LogP contribution in [0.15, 0.2) is 0 Å². The molecule has 2 aliphatic heterocycles. The maximum Gasteiger partial charge on any atom is 0.223 e. The molecule has 2 saturated heterocycles. The van der Waals surface area contributed by atoms with Gasteiger partial charge in [-0.3, -0.25) is 4.79 Å². The number of carbonyl (C=O) groups excluding carboxylic acids is 1. The molecule has 1 amide bonds. The number of nitrogens with one attached hydrogen (secondary N) is 1. The number of ether oxygens (including phenoxy) is 1. The smallest absolute Gasteiger partial charge is 0.223 e. The van der Waals surface area contributed by atoms with Crippen LogP contribution in [-0.2, 0) is 9.53 Å². The lowest BCUT2D eigenvalue weighted by Gasteiger charge is -2.32. The van der Waals surface area contributed by atoms with E-state index < -0.39 is 0 Å². The van der Waals surface area contributed by atoms with E-state index in [9.17, 15) is 4.79 Å². The van der Waals surface area contributed by atoms with Gasteiger partial charge in [-0.05, 0) is 19.3 Å². The Labute approximate surface area is 103 Å². The number of halogens is 1. The van der Waals surface area contributed by atoms with E-state index in [-0.39, 0.29) is 12.4 Å². The van der Waals surface area contributed by atoms with Crippen LogP contribution in [0.4, 0.5) is 0 Å². The lowest BCUT2D eigenvalue weighted by atomic mass is 10.0. The molecule has 0 aromatic heterocycles. The van der Waals surface area contributed by atoms with Crippen molar-refractivity contribution in [2.75, 3.05) is 32.8 Å². The maximum atomic E-state index is 11.9. The molecule has 0 spiro atoms. The first-order chi connectivity index (χ1) is 7.25. The topological polar surface area (TPSA) is 41.6 Å². The zero-order valence-corrected chi connectivity index (χ0v) is 10.6. The number of hydrogen-bond acceptors (Lipinski definition) is 3. The van der Waals surface area contributed by atoms with Crippen molar-refractivity contribution in [1.29, 1.82) is 0 Å². The molecule has 0 radical (unpaired) electrons. The second-order valence-electron chi connectivity index (χ2n) is 4.63. The number of carbonyl (C=O) groups is 1. The van der Waals surface area contributed by atoms with Crippen molar-refractivity contribution >= 4 is 18.3 Å². The summed E-state index contributed by atoms with van der Waals surface area (Å²) in [6.07, 6.45) is 1.72. The molecule has 4 nitrogen and oxygen atoms in total. The van der Waals surface area contributed by atoms with E-state index >= 15 is 0 Å². The van der Waals surface area contributed by atoms with Crippen molar-refractivity contribution in [3.05, 3.63) is 0 Å². The Kier molecular flexibility index (Phi) is 5.52. The van der Waals surface area contributed by atoms with Crippen molar-refractivity contribution in [2.45, 2.75) is 25.8 Å². The number of amides is 1. The van der Waals surface area contributed by atoms with Gasteiger partial charge in [0.15, 0.2) is 0 Å². The lowest BCUT2D eigenvalue weighted by molar-refractivity contribution is -0.133. The summed E-state index contributed by atoms with van der Waals surface area (Å²) in [5.74, 6) is 0.765. The van der Waals surface area contributed by atoms with Crippen LogP contribution in [0.5, 0.6) is 0 Å². The summed E-state index contributed by atoms with van der Waals surface area (Å²) in [5, 5.41) is 3.34. The number of rotatable bonds is 2. The molecule has 2 fully saturated rings. The van der Waals surface area contributed by atoms with E-state index in [4.69, 9.17) is 4.74 Å². The van der Waals surface area contributed by atoms with Crippen LogP contribution in [0.1, 0.15) is 19.8 Å². The van der Waals surface area contributed by atoms with Gasteiger partial charge < -0.3 is 15.0 Å². The third-order valence-electron chi connectivity index (χ3n) is 3.21. The Bertz CT molecular complexity index is 232. The summed E-state index contributed by atoms with van der Waals surface area (Å²) < 4.78 is 5.28. The molecule has 0 aliphatic carbocycles. The van der Waals surface area contributed by atoms with Gasteiger partial charge in [0.1, 0.15) is 0 Å². The Balaban J connectivity index is 0.00000128. The van der Waals surface area contributed by atoms with Gasteiger partial charge >= 0.3 is 0 Å². The Morgan fingerprint density at radius 1 is 1.56 bits per heavy atom. The molecule has 94 valence electrons. The molecule has 0 saturated carbocycles. The van der Waals surface area contributed by atoms with E-state index in [1.165, 1.54) is 0 Å². The first-order valence-corrected chi connectivity index (χ1v) is 5.84. The van der Waals surface area contributed by atoms with Gasteiger partial charge in [0.2, 0.25) is 5.91 Å². The molecular formula is C11H21ClN2O2. The summed E-state index contributed by atoms with van der Waals surface area (Å²) in [4.78, 5) is 13.9. The molecule has 2 atom stereocenters. The SMILES string of the molecule is C[C@@H]1CN(C(=O)CC2CCOC2)CCN1.Cl. The Morgan fingerprint density at radius 2 is 2.38 bits per heavy atom. The molecule has 1 N–H and O–H groups in total. The fraction of sp³-hybridized carbons (Fsp3) is 0.909. The van der Waals surface area contributed by atoms with Gasteiger partial charge in [-0.15, -0.1) is 12.4 Å². The van der Waals surface area contributed by atoms with Crippen molar-refractivity contribution in [1.82, 2.24) is 10.2 Å². The summed E-state index contributed by atoms with van der Waals surface area (Å²) in [7, 11) is 0. The van der Waals surface area contributed by atoms with Gasteiger partial charge in [-0.1, -0.05) is 0 Å². The molecular weight excluding hydrogens is 228 g/mol. The van der Waals surface area contributed by atoms with Crippen molar-refractivity contribution in [2.24, 2.45) is 5.92 Å². The van der Waals surface area contributed by atoms with Crippen LogP contribution in [0.25, 0.3) is 0 Å². The minimum Gasteiger partial charge on any atom is -0.381 e. The van der Waals surface area contributed by atoms with Gasteiger partial charge in [-0.25, -0.2) is 0 Å². The molecule has 0 aromatic carbocycles. The second-order valence-corrected chi connectivity index (χ2v) is 4.63. The minimum atomic E-state index is 0. The molecule has 0 bridgehead atoms. The van der Waals surface area contributed by atoms with Crippen LogP contribution in [0.3, 0.4) is 0 Å². The fourth-order valence-corrected chi connectivity index (χ4v) is 2.28. The summed E-state index contributed by atoms with van der Waals surface area (Å²) in [5.41, 5.74) is 0. The third-order valence-corrected chi connectivity index (χ3v) is 3.21. The maximum absolute atomic E-state index is 11.9. The quantitative estimate of drug-likeness (QED) is 0.781. The first kappa shape index (κ1) is 13.7. The van der Waals surface area contributed by atoms with E-state index in [1.54, 1.807) is 0 Å². The molecule has 16 heavy (non-hydrogen) atoms. The number of nitrogens with zero attached hydrogens (tertiary/aromatic N) is 1. The highest BCUT2D eigenvalue weighted by Crippen LogP contribution is 2.17. The highest BCUT2D eigenvalue weighted by molar-refractivity contribution is 5.85. The summed E-state index contributed by atoms with van der Waals surface area (Å²) in [6, 6.07) is 0.433. The number of piperazine rings is 1.